The van der Waals surface area contributed by atoms with Crippen LogP contribution < -0.4 is 10.2 Å². The molecule has 7 heteroatoms. The van der Waals surface area contributed by atoms with E-state index in [1.807, 2.05) is 24.3 Å². The van der Waals surface area contributed by atoms with E-state index < -0.39 is 17.7 Å². The molecule has 2 aromatic carbocycles. The summed E-state index contributed by atoms with van der Waals surface area (Å²) in [4.78, 5) is 41.5. The van der Waals surface area contributed by atoms with E-state index in [2.05, 4.69) is 5.32 Å². The topological polar surface area (TPSA) is 79.0 Å². The Bertz CT molecular complexity index is 1030. The molecule has 2 heterocycles. The third kappa shape index (κ3) is 4.61. The molecule has 0 bridgehead atoms. The van der Waals surface area contributed by atoms with Crippen LogP contribution in [-0.2, 0) is 16.0 Å². The van der Waals surface area contributed by atoms with E-state index in [1.54, 1.807) is 49.9 Å². The number of nitrogens with one attached hydrogen (secondary N) is 1. The summed E-state index contributed by atoms with van der Waals surface area (Å²) in [5.41, 5.74) is 2.67. The summed E-state index contributed by atoms with van der Waals surface area (Å²) < 4.78 is 5.43. The summed E-state index contributed by atoms with van der Waals surface area (Å²) in [6, 6.07) is 14.3. The summed E-state index contributed by atoms with van der Waals surface area (Å²) >= 11 is 0. The van der Waals surface area contributed by atoms with Crippen molar-refractivity contribution in [3.8, 4) is 0 Å². The van der Waals surface area contributed by atoms with Gasteiger partial charge in [0.1, 0.15) is 11.6 Å². The number of hydrogen-bond acceptors (Lipinski definition) is 4. The number of ether oxygens (including phenoxy) is 1. The van der Waals surface area contributed by atoms with Gasteiger partial charge >= 0.3 is 6.09 Å². The van der Waals surface area contributed by atoms with Gasteiger partial charge < -0.3 is 15.0 Å². The zero-order valence-electron chi connectivity index (χ0n) is 18.8. The molecule has 0 aromatic heterocycles. The second-order valence-corrected chi connectivity index (χ2v) is 9.23. The van der Waals surface area contributed by atoms with E-state index in [-0.39, 0.29) is 11.8 Å². The van der Waals surface area contributed by atoms with E-state index in [1.165, 1.54) is 10.5 Å². The van der Waals surface area contributed by atoms with Crippen molar-refractivity contribution in [2.45, 2.75) is 51.7 Å². The van der Waals surface area contributed by atoms with Crippen molar-refractivity contribution in [2.75, 3.05) is 23.3 Å². The van der Waals surface area contributed by atoms with Crippen LogP contribution in [-0.4, -0.2) is 47.5 Å². The van der Waals surface area contributed by atoms with Crippen LogP contribution in [0.1, 0.15) is 49.5 Å². The van der Waals surface area contributed by atoms with E-state index >= 15 is 0 Å². The second-order valence-electron chi connectivity index (χ2n) is 9.23. The van der Waals surface area contributed by atoms with Crippen molar-refractivity contribution in [1.29, 1.82) is 0 Å². The maximum atomic E-state index is 13.0. The first-order valence-electron chi connectivity index (χ1n) is 11.0. The van der Waals surface area contributed by atoms with Gasteiger partial charge in [-0.15, -0.1) is 0 Å². The molecular formula is C25H29N3O4. The third-order valence-corrected chi connectivity index (χ3v) is 5.72. The second kappa shape index (κ2) is 8.65. The average molecular weight is 436 g/mol. The number of likely N-dealkylation sites (tertiary alicyclic amines) is 1. The maximum absolute atomic E-state index is 13.0. The van der Waals surface area contributed by atoms with Gasteiger partial charge in [-0.3, -0.25) is 14.5 Å². The Balaban J connectivity index is 1.40. The Hall–Kier alpha value is -3.35. The van der Waals surface area contributed by atoms with Crippen LogP contribution in [0.2, 0.25) is 0 Å². The van der Waals surface area contributed by atoms with Gasteiger partial charge in [0.15, 0.2) is 0 Å². The van der Waals surface area contributed by atoms with E-state index in [0.717, 1.165) is 18.5 Å². The minimum absolute atomic E-state index is 0.0558. The molecule has 2 aromatic rings. The Labute approximate surface area is 188 Å². The number of anilines is 2. The normalized spacial score (nSPS) is 17.8. The van der Waals surface area contributed by atoms with Gasteiger partial charge in [0.05, 0.1) is 0 Å². The van der Waals surface area contributed by atoms with Gasteiger partial charge in [-0.2, -0.15) is 0 Å². The van der Waals surface area contributed by atoms with Crippen LogP contribution in [0.4, 0.5) is 16.2 Å². The van der Waals surface area contributed by atoms with Gasteiger partial charge in [-0.1, -0.05) is 18.2 Å². The lowest BCUT2D eigenvalue weighted by molar-refractivity contribution is -0.120. The lowest BCUT2D eigenvalue weighted by Gasteiger charge is -2.28. The zero-order chi connectivity index (χ0) is 22.9. The highest BCUT2D eigenvalue weighted by molar-refractivity contribution is 6.07. The molecule has 1 saturated heterocycles. The van der Waals surface area contributed by atoms with Crippen LogP contribution in [0.3, 0.4) is 0 Å². The molecule has 0 radical (unpaired) electrons. The molecule has 7 nitrogen and oxygen atoms in total. The molecule has 32 heavy (non-hydrogen) atoms. The van der Waals surface area contributed by atoms with E-state index in [4.69, 9.17) is 4.74 Å². The molecule has 1 atom stereocenters. The molecule has 3 amide bonds. The molecule has 2 aliphatic heterocycles. The quantitative estimate of drug-likeness (QED) is 0.783. The summed E-state index contributed by atoms with van der Waals surface area (Å²) in [5, 5.41) is 2.87. The summed E-state index contributed by atoms with van der Waals surface area (Å²) in [6.45, 7) is 6.58. The fourth-order valence-corrected chi connectivity index (χ4v) is 4.21. The molecule has 4 rings (SSSR count). The van der Waals surface area contributed by atoms with Crippen LogP contribution in [0, 0.1) is 0 Å². The smallest absolute Gasteiger partial charge is 0.410 e. The molecular weight excluding hydrogens is 406 g/mol. The van der Waals surface area contributed by atoms with Crippen LogP contribution in [0.5, 0.6) is 0 Å². The fraction of sp³-hybridized carbons (Fsp3) is 0.400. The standard InChI is InChI=1S/C25H29N3O4/c1-25(2,3)32-24(31)28-15-6-9-21(28)22(29)26-19-12-10-18(11-13-19)23(30)27-16-14-17-7-4-5-8-20(17)27/h4-5,7-8,10-13,21H,6,9,14-16H2,1-3H3,(H,26,29)/t21-/m0/s1. The van der Waals surface area contributed by atoms with Crippen LogP contribution in [0.15, 0.2) is 48.5 Å². The lowest BCUT2D eigenvalue weighted by Crippen LogP contribution is -2.45. The SMILES string of the molecule is CC(C)(C)OC(=O)N1CCC[C@H]1C(=O)Nc1ccc(C(=O)N2CCc3ccccc32)cc1. The van der Waals surface area contributed by atoms with Crippen molar-refractivity contribution in [2.24, 2.45) is 0 Å². The summed E-state index contributed by atoms with van der Waals surface area (Å²) in [6.07, 6.45) is 1.73. The Morgan fingerprint density at radius 1 is 1.00 bits per heavy atom. The first kappa shape index (κ1) is 21.9. The number of nitrogens with zero attached hydrogens (tertiary/aromatic N) is 2. The van der Waals surface area contributed by atoms with E-state index in [9.17, 15) is 14.4 Å². The number of amides is 3. The maximum Gasteiger partial charge on any atom is 0.410 e. The zero-order valence-corrected chi connectivity index (χ0v) is 18.8. The van der Waals surface area contributed by atoms with Crippen molar-refractivity contribution < 1.29 is 19.1 Å². The predicted octanol–water partition coefficient (Wildman–Crippen LogP) is 4.23. The highest BCUT2D eigenvalue weighted by Gasteiger charge is 2.36. The number of fused-ring (bicyclic) bond motifs is 1. The van der Waals surface area contributed by atoms with Crippen LogP contribution >= 0.6 is 0 Å². The number of carbonyl (C=O) groups is 3. The molecule has 0 aliphatic carbocycles. The van der Waals surface area contributed by atoms with Crippen molar-refractivity contribution in [3.63, 3.8) is 0 Å². The first-order chi connectivity index (χ1) is 15.2. The largest absolute Gasteiger partial charge is 0.444 e. The first-order valence-corrected chi connectivity index (χ1v) is 11.0. The monoisotopic (exact) mass is 435 g/mol. The Kier molecular flexibility index (Phi) is 5.91. The summed E-state index contributed by atoms with van der Waals surface area (Å²) in [5.74, 6) is -0.305. The van der Waals surface area contributed by atoms with Gasteiger partial charge in [0.25, 0.3) is 5.91 Å². The van der Waals surface area contributed by atoms with Gasteiger partial charge in [-0.05, 0) is 75.9 Å². The van der Waals surface area contributed by atoms with Crippen molar-refractivity contribution in [1.82, 2.24) is 4.90 Å². The van der Waals surface area contributed by atoms with Crippen LogP contribution in [0.25, 0.3) is 0 Å². The highest BCUT2D eigenvalue weighted by atomic mass is 16.6. The molecule has 0 unspecified atom stereocenters. The summed E-state index contributed by atoms with van der Waals surface area (Å²) in [7, 11) is 0. The fourth-order valence-electron chi connectivity index (χ4n) is 4.21. The molecule has 0 saturated carbocycles. The van der Waals surface area contributed by atoms with Gasteiger partial charge in [-0.25, -0.2) is 4.79 Å². The Morgan fingerprint density at radius 2 is 1.72 bits per heavy atom. The predicted molar refractivity (Wildman–Crippen MR) is 123 cm³/mol. The number of carbonyl (C=O) groups excluding carboxylic acids is 3. The lowest BCUT2D eigenvalue weighted by atomic mass is 10.1. The third-order valence-electron chi connectivity index (χ3n) is 5.72. The highest BCUT2D eigenvalue weighted by Crippen LogP contribution is 2.29. The van der Waals surface area contributed by atoms with Crippen molar-refractivity contribution in [3.05, 3.63) is 59.7 Å². The number of para-hydroxylation sites is 1. The molecule has 168 valence electrons. The average Bonchev–Trinajstić information content (AvgIpc) is 3.40. The molecule has 1 fully saturated rings. The number of rotatable bonds is 3. The van der Waals surface area contributed by atoms with Crippen molar-refractivity contribution >= 4 is 29.3 Å². The number of benzene rings is 2. The van der Waals surface area contributed by atoms with E-state index in [0.29, 0.717) is 30.8 Å². The van der Waals surface area contributed by atoms with Gasteiger partial charge in [0.2, 0.25) is 5.91 Å². The Morgan fingerprint density at radius 3 is 2.44 bits per heavy atom. The molecule has 0 spiro atoms. The number of hydrogen-bond donors (Lipinski definition) is 1. The van der Waals surface area contributed by atoms with Gasteiger partial charge in [0, 0.05) is 30.0 Å². The molecule has 2 aliphatic rings. The minimum Gasteiger partial charge on any atom is -0.444 e. The minimum atomic E-state index is -0.612. The molecule has 1 N–H and O–H groups in total.